The normalized spacial score (nSPS) is 13.2. The van der Waals surface area contributed by atoms with Crippen LogP contribution in [-0.2, 0) is 5.41 Å². The Morgan fingerprint density at radius 2 is 1.00 bits per heavy atom. The van der Waals surface area contributed by atoms with Crippen LogP contribution in [0.15, 0.2) is 176 Å². The summed E-state index contributed by atoms with van der Waals surface area (Å²) in [6.45, 7) is 4.78. The summed E-state index contributed by atoms with van der Waals surface area (Å²) < 4.78 is 2.69. The van der Waals surface area contributed by atoms with E-state index in [2.05, 4.69) is 195 Å². The quantitative estimate of drug-likeness (QED) is 0.162. The SMILES string of the molecule is CC1(C)c2cc(N(c3ccc(-c4ccccc4)cc3)c3cccc4c5cccc6sc7cccc(c34)c7c65)ccc2-c2c(-c3ccccc3)cccc21. The summed E-state index contributed by atoms with van der Waals surface area (Å²) in [6, 6.07) is 65.2. The lowest BCUT2D eigenvalue weighted by Gasteiger charge is -2.30. The first-order chi connectivity index (χ1) is 26.1. The van der Waals surface area contributed by atoms with Gasteiger partial charge in [-0.25, -0.2) is 0 Å². The second-order valence-electron chi connectivity index (χ2n) is 14.9. The Morgan fingerprint density at radius 3 is 1.74 bits per heavy atom. The lowest BCUT2D eigenvalue weighted by atomic mass is 9.81. The molecule has 10 aromatic rings. The van der Waals surface area contributed by atoms with Crippen LogP contribution in [0, 0.1) is 0 Å². The smallest absolute Gasteiger partial charge is 0.0546 e. The molecule has 0 radical (unpaired) electrons. The molecular weight excluding hydrogens is 659 g/mol. The van der Waals surface area contributed by atoms with E-state index in [0.29, 0.717) is 0 Å². The topological polar surface area (TPSA) is 3.24 Å². The molecule has 0 aliphatic heterocycles. The van der Waals surface area contributed by atoms with Crippen LogP contribution < -0.4 is 4.90 Å². The number of nitrogens with zero attached hydrogens (tertiary/aromatic N) is 1. The highest BCUT2D eigenvalue weighted by Gasteiger charge is 2.37. The number of rotatable bonds is 5. The minimum atomic E-state index is -0.169. The van der Waals surface area contributed by atoms with Crippen molar-refractivity contribution in [1.82, 2.24) is 0 Å². The number of hydrogen-bond acceptors (Lipinski definition) is 2. The van der Waals surface area contributed by atoms with Crippen molar-refractivity contribution in [3.8, 4) is 33.4 Å². The van der Waals surface area contributed by atoms with Gasteiger partial charge >= 0.3 is 0 Å². The van der Waals surface area contributed by atoms with Gasteiger partial charge in [-0.2, -0.15) is 0 Å². The first-order valence-electron chi connectivity index (χ1n) is 18.4. The molecule has 0 saturated heterocycles. The Kier molecular flexibility index (Phi) is 6.53. The zero-order valence-electron chi connectivity index (χ0n) is 29.6. The van der Waals surface area contributed by atoms with E-state index in [9.17, 15) is 0 Å². The molecule has 2 heteroatoms. The summed E-state index contributed by atoms with van der Waals surface area (Å²) in [5.74, 6) is 0. The van der Waals surface area contributed by atoms with Crippen molar-refractivity contribution in [1.29, 1.82) is 0 Å². The van der Waals surface area contributed by atoms with Crippen LogP contribution in [0.5, 0.6) is 0 Å². The molecule has 250 valence electrons. The Hall–Kier alpha value is -6.22. The maximum atomic E-state index is 2.50. The average Bonchev–Trinajstić information content (AvgIpc) is 3.71. The van der Waals surface area contributed by atoms with E-state index >= 15 is 0 Å². The highest BCUT2D eigenvalue weighted by atomic mass is 32.1. The lowest BCUT2D eigenvalue weighted by molar-refractivity contribution is 0.660. The lowest BCUT2D eigenvalue weighted by Crippen LogP contribution is -2.16. The van der Waals surface area contributed by atoms with Crippen molar-refractivity contribution in [2.75, 3.05) is 4.90 Å². The predicted molar refractivity (Wildman–Crippen MR) is 229 cm³/mol. The number of hydrogen-bond donors (Lipinski definition) is 0. The van der Waals surface area contributed by atoms with Crippen LogP contribution in [0.25, 0.3) is 75.1 Å². The van der Waals surface area contributed by atoms with Crippen LogP contribution in [0.1, 0.15) is 25.0 Å². The van der Waals surface area contributed by atoms with Gasteiger partial charge in [0, 0.05) is 42.3 Å². The molecule has 0 bridgehead atoms. The van der Waals surface area contributed by atoms with E-state index in [1.807, 2.05) is 11.3 Å². The maximum absolute atomic E-state index is 2.50. The number of anilines is 3. The zero-order chi connectivity index (χ0) is 35.3. The van der Waals surface area contributed by atoms with E-state index in [0.717, 1.165) is 11.4 Å². The molecule has 1 nitrogen and oxygen atoms in total. The average molecular weight is 694 g/mol. The number of benzene rings is 9. The minimum absolute atomic E-state index is 0.169. The van der Waals surface area contributed by atoms with Crippen molar-refractivity contribution in [3.63, 3.8) is 0 Å². The van der Waals surface area contributed by atoms with Crippen LogP contribution in [0.2, 0.25) is 0 Å². The van der Waals surface area contributed by atoms with Crippen LogP contribution in [0.3, 0.4) is 0 Å². The van der Waals surface area contributed by atoms with E-state index in [4.69, 9.17) is 0 Å². The van der Waals surface area contributed by atoms with Crippen LogP contribution in [-0.4, -0.2) is 0 Å². The predicted octanol–water partition coefficient (Wildman–Crippen LogP) is 14.9. The second-order valence-corrected chi connectivity index (χ2v) is 15.9. The molecule has 0 saturated carbocycles. The van der Waals surface area contributed by atoms with E-state index in [1.54, 1.807) is 0 Å². The first kappa shape index (κ1) is 30.4. The minimum Gasteiger partial charge on any atom is -0.310 e. The molecule has 0 atom stereocenters. The summed E-state index contributed by atoms with van der Waals surface area (Å²) in [6.07, 6.45) is 0. The number of fused-ring (bicyclic) bond motifs is 6. The van der Waals surface area contributed by atoms with Crippen LogP contribution >= 0.6 is 11.3 Å². The summed E-state index contributed by atoms with van der Waals surface area (Å²) in [7, 11) is 0. The monoisotopic (exact) mass is 693 g/mol. The summed E-state index contributed by atoms with van der Waals surface area (Å²) in [5, 5.41) is 7.98. The van der Waals surface area contributed by atoms with Gasteiger partial charge in [-0.1, -0.05) is 147 Å². The third-order valence-corrected chi connectivity index (χ3v) is 12.7. The molecule has 0 spiro atoms. The fraction of sp³-hybridized carbons (Fsp3) is 0.0588. The second kappa shape index (κ2) is 11.4. The van der Waals surface area contributed by atoms with Gasteiger partial charge in [-0.15, -0.1) is 11.3 Å². The molecule has 9 aromatic carbocycles. The molecule has 1 heterocycles. The van der Waals surface area contributed by atoms with E-state index in [1.165, 1.54) is 91.9 Å². The van der Waals surface area contributed by atoms with Gasteiger partial charge in [0.15, 0.2) is 0 Å². The van der Waals surface area contributed by atoms with Gasteiger partial charge < -0.3 is 4.90 Å². The summed E-state index contributed by atoms with van der Waals surface area (Å²) >= 11 is 1.90. The Bertz CT molecular complexity index is 3010. The molecule has 0 unspecified atom stereocenters. The molecule has 1 aliphatic rings. The zero-order valence-corrected chi connectivity index (χ0v) is 30.4. The van der Waals surface area contributed by atoms with Crippen molar-refractivity contribution in [2.24, 2.45) is 0 Å². The summed E-state index contributed by atoms with van der Waals surface area (Å²) in [4.78, 5) is 2.50. The number of thiophene rings is 1. The van der Waals surface area contributed by atoms with E-state index < -0.39 is 0 Å². The molecule has 1 aliphatic carbocycles. The standard InChI is InChI=1S/C51H35NS/c1-51(2)42-21-9-17-37(34-15-7-4-8-16-34)47(42)40-30-29-36(31-43(40)51)52(35-27-25-33(26-28-35)32-13-5-3-6-14-32)44-22-10-18-38-39-19-11-23-45-49(39)50-41(48(38)44)20-12-24-46(50)53-45/h3-31H,1-2H3. The molecule has 0 N–H and O–H groups in total. The molecule has 0 fully saturated rings. The van der Waals surface area contributed by atoms with Gasteiger partial charge in [0.2, 0.25) is 0 Å². The Balaban J connectivity index is 1.18. The van der Waals surface area contributed by atoms with Crippen molar-refractivity contribution < 1.29 is 0 Å². The van der Waals surface area contributed by atoms with Crippen molar-refractivity contribution in [2.45, 2.75) is 19.3 Å². The fourth-order valence-corrected chi connectivity index (χ4v) is 10.3. The van der Waals surface area contributed by atoms with E-state index in [-0.39, 0.29) is 5.41 Å². The molecule has 11 rings (SSSR count). The highest BCUT2D eigenvalue weighted by Crippen LogP contribution is 2.55. The molecule has 53 heavy (non-hydrogen) atoms. The highest BCUT2D eigenvalue weighted by molar-refractivity contribution is 7.26. The van der Waals surface area contributed by atoms with Crippen molar-refractivity contribution >= 4 is 70.1 Å². The maximum Gasteiger partial charge on any atom is 0.0546 e. The Morgan fingerprint density at radius 1 is 0.415 bits per heavy atom. The largest absolute Gasteiger partial charge is 0.310 e. The Labute approximate surface area is 313 Å². The third-order valence-electron chi connectivity index (χ3n) is 11.6. The fourth-order valence-electron chi connectivity index (χ4n) is 9.17. The van der Waals surface area contributed by atoms with Crippen molar-refractivity contribution in [3.05, 3.63) is 187 Å². The summed E-state index contributed by atoms with van der Waals surface area (Å²) in [5.41, 5.74) is 13.7. The molecule has 1 aromatic heterocycles. The third kappa shape index (κ3) is 4.43. The van der Waals surface area contributed by atoms with Gasteiger partial charge in [0.05, 0.1) is 5.69 Å². The molecular formula is C51H35NS. The van der Waals surface area contributed by atoms with Crippen LogP contribution in [0.4, 0.5) is 17.1 Å². The molecule has 0 amide bonds. The van der Waals surface area contributed by atoms with Gasteiger partial charge in [-0.3, -0.25) is 0 Å². The first-order valence-corrected chi connectivity index (χ1v) is 19.3. The van der Waals surface area contributed by atoms with Gasteiger partial charge in [0.1, 0.15) is 0 Å². The van der Waals surface area contributed by atoms with Gasteiger partial charge in [0.25, 0.3) is 0 Å². The van der Waals surface area contributed by atoms with Gasteiger partial charge in [-0.05, 0) is 103 Å².